The van der Waals surface area contributed by atoms with Crippen molar-refractivity contribution in [2.24, 2.45) is 0 Å². The summed E-state index contributed by atoms with van der Waals surface area (Å²) in [6.07, 6.45) is 5.30. The van der Waals surface area contributed by atoms with Crippen LogP contribution >= 0.6 is 0 Å². The number of ether oxygens (including phenoxy) is 2. The standard InChI is InChI=1S/C24H25N5O4/c1-14-9-16-10-17(6-8-28(16)21(14)23(30)25-3)33-20-5-7-26-29-13-19(15(2)22(20)29)24(31)27-11-18(12-27)32-4/h5-10,13,18H,11-12H2,1-4H3,(H,25,30). The molecule has 2 amide bonds. The van der Waals surface area contributed by atoms with Gasteiger partial charge in [-0.3, -0.25) is 9.59 Å². The zero-order valence-corrected chi connectivity index (χ0v) is 19.0. The maximum Gasteiger partial charge on any atom is 0.268 e. The molecule has 4 aromatic rings. The maximum absolute atomic E-state index is 13.0. The van der Waals surface area contributed by atoms with E-state index in [0.29, 0.717) is 35.8 Å². The Morgan fingerprint density at radius 1 is 1.18 bits per heavy atom. The Bertz CT molecular complexity index is 1400. The summed E-state index contributed by atoms with van der Waals surface area (Å²) in [6.45, 7) is 4.99. The van der Waals surface area contributed by atoms with Crippen LogP contribution in [-0.2, 0) is 4.74 Å². The van der Waals surface area contributed by atoms with Gasteiger partial charge in [0.05, 0.1) is 17.9 Å². The first kappa shape index (κ1) is 21.0. The quantitative estimate of drug-likeness (QED) is 0.508. The molecule has 4 aromatic heterocycles. The molecular formula is C24H25N5O4. The zero-order chi connectivity index (χ0) is 23.3. The van der Waals surface area contributed by atoms with Crippen LogP contribution in [0.25, 0.3) is 11.0 Å². The van der Waals surface area contributed by atoms with Crippen LogP contribution in [0, 0.1) is 13.8 Å². The molecule has 0 saturated carbocycles. The first-order valence-corrected chi connectivity index (χ1v) is 10.7. The number of methoxy groups -OCH3 is 1. The third-order valence-electron chi connectivity index (χ3n) is 6.19. The van der Waals surface area contributed by atoms with Gasteiger partial charge in [-0.05, 0) is 37.1 Å². The number of nitrogens with zero attached hydrogens (tertiary/aromatic N) is 4. The molecule has 0 atom stereocenters. The van der Waals surface area contributed by atoms with Crippen LogP contribution in [0.5, 0.6) is 11.5 Å². The normalized spacial score (nSPS) is 14.0. The Morgan fingerprint density at radius 3 is 2.70 bits per heavy atom. The minimum absolute atomic E-state index is 0.0379. The van der Waals surface area contributed by atoms with E-state index in [9.17, 15) is 9.59 Å². The lowest BCUT2D eigenvalue weighted by Crippen LogP contribution is -2.54. The second-order valence-corrected chi connectivity index (χ2v) is 8.24. The second kappa shape index (κ2) is 7.93. The van der Waals surface area contributed by atoms with E-state index in [4.69, 9.17) is 9.47 Å². The van der Waals surface area contributed by atoms with Gasteiger partial charge in [0.2, 0.25) is 0 Å². The molecule has 0 radical (unpaired) electrons. The monoisotopic (exact) mass is 447 g/mol. The Hall–Kier alpha value is -3.85. The molecule has 5 heterocycles. The van der Waals surface area contributed by atoms with Crippen LogP contribution in [0.1, 0.15) is 32.0 Å². The summed E-state index contributed by atoms with van der Waals surface area (Å²) in [5.41, 5.74) is 4.47. The average molecular weight is 447 g/mol. The fraction of sp³-hybridized carbons (Fsp3) is 0.292. The van der Waals surface area contributed by atoms with Crippen LogP contribution in [0.15, 0.2) is 42.9 Å². The number of fused-ring (bicyclic) bond motifs is 2. The van der Waals surface area contributed by atoms with Gasteiger partial charge in [0, 0.05) is 57.3 Å². The SMILES string of the molecule is CNC(=O)c1c(C)cc2cc(Oc3ccnn4cc(C(=O)N5CC(OC)C5)c(C)c34)ccn12. The van der Waals surface area contributed by atoms with Crippen molar-refractivity contribution in [3.63, 3.8) is 0 Å². The predicted molar refractivity (Wildman–Crippen MR) is 122 cm³/mol. The van der Waals surface area contributed by atoms with Crippen molar-refractivity contribution in [1.29, 1.82) is 0 Å². The van der Waals surface area contributed by atoms with E-state index in [0.717, 1.165) is 22.2 Å². The summed E-state index contributed by atoms with van der Waals surface area (Å²) in [5.74, 6) is 1.04. The van der Waals surface area contributed by atoms with E-state index >= 15 is 0 Å². The van der Waals surface area contributed by atoms with Gasteiger partial charge in [-0.2, -0.15) is 5.10 Å². The van der Waals surface area contributed by atoms with Gasteiger partial charge in [-0.1, -0.05) is 0 Å². The minimum Gasteiger partial charge on any atom is -0.455 e. The highest BCUT2D eigenvalue weighted by molar-refractivity contribution is 5.99. The largest absolute Gasteiger partial charge is 0.455 e. The molecule has 5 rings (SSSR count). The van der Waals surface area contributed by atoms with Gasteiger partial charge in [-0.25, -0.2) is 4.52 Å². The summed E-state index contributed by atoms with van der Waals surface area (Å²) in [5, 5.41) is 7.04. The summed E-state index contributed by atoms with van der Waals surface area (Å²) >= 11 is 0. The first-order valence-electron chi connectivity index (χ1n) is 10.7. The van der Waals surface area contributed by atoms with Crippen molar-refractivity contribution < 1.29 is 19.1 Å². The number of aromatic nitrogens is 3. The lowest BCUT2D eigenvalue weighted by Gasteiger charge is -2.38. The van der Waals surface area contributed by atoms with Gasteiger partial charge in [0.1, 0.15) is 17.0 Å². The topological polar surface area (TPSA) is 89.6 Å². The lowest BCUT2D eigenvalue weighted by molar-refractivity contribution is -0.0192. The van der Waals surface area contributed by atoms with Crippen molar-refractivity contribution in [2.75, 3.05) is 27.2 Å². The molecule has 1 N–H and O–H groups in total. The highest BCUT2D eigenvalue weighted by Gasteiger charge is 2.33. The van der Waals surface area contributed by atoms with Gasteiger partial charge < -0.3 is 24.1 Å². The van der Waals surface area contributed by atoms with Gasteiger partial charge in [0.15, 0.2) is 5.75 Å². The number of aryl methyl sites for hydroxylation is 2. The molecule has 0 unspecified atom stereocenters. The van der Waals surface area contributed by atoms with Crippen molar-refractivity contribution >= 4 is 22.8 Å². The summed E-state index contributed by atoms with van der Waals surface area (Å²) in [4.78, 5) is 27.0. The van der Waals surface area contributed by atoms with E-state index in [1.54, 1.807) is 42.0 Å². The fourth-order valence-electron chi connectivity index (χ4n) is 4.33. The van der Waals surface area contributed by atoms with Crippen LogP contribution in [0.2, 0.25) is 0 Å². The highest BCUT2D eigenvalue weighted by Crippen LogP contribution is 2.32. The molecule has 9 nitrogen and oxygen atoms in total. The predicted octanol–water partition coefficient (Wildman–Crippen LogP) is 2.83. The second-order valence-electron chi connectivity index (χ2n) is 8.24. The van der Waals surface area contributed by atoms with E-state index in [2.05, 4.69) is 10.4 Å². The zero-order valence-electron chi connectivity index (χ0n) is 19.0. The fourth-order valence-corrected chi connectivity index (χ4v) is 4.33. The van der Waals surface area contributed by atoms with E-state index < -0.39 is 0 Å². The van der Waals surface area contributed by atoms with Crippen molar-refractivity contribution in [2.45, 2.75) is 20.0 Å². The molecule has 170 valence electrons. The molecule has 0 aromatic carbocycles. The van der Waals surface area contributed by atoms with Gasteiger partial charge in [-0.15, -0.1) is 0 Å². The van der Waals surface area contributed by atoms with Crippen LogP contribution in [-0.4, -0.2) is 64.1 Å². The van der Waals surface area contributed by atoms with Crippen molar-refractivity contribution in [1.82, 2.24) is 24.2 Å². The minimum atomic E-state index is -0.142. The molecule has 33 heavy (non-hydrogen) atoms. The number of pyridine rings is 1. The number of carbonyl (C=O) groups excluding carboxylic acids is 2. The van der Waals surface area contributed by atoms with Crippen LogP contribution in [0.4, 0.5) is 0 Å². The van der Waals surface area contributed by atoms with Crippen molar-refractivity contribution in [3.05, 3.63) is 65.2 Å². The summed E-state index contributed by atoms with van der Waals surface area (Å²) in [6, 6.07) is 7.42. The lowest BCUT2D eigenvalue weighted by atomic mass is 10.1. The van der Waals surface area contributed by atoms with Crippen LogP contribution in [0.3, 0.4) is 0 Å². The average Bonchev–Trinajstić information content (AvgIpc) is 3.28. The molecule has 0 aliphatic carbocycles. The molecule has 9 heteroatoms. The summed E-state index contributed by atoms with van der Waals surface area (Å²) in [7, 11) is 3.27. The third kappa shape index (κ3) is 3.41. The number of likely N-dealkylation sites (tertiary alicyclic amines) is 1. The number of rotatable bonds is 5. The van der Waals surface area contributed by atoms with Crippen molar-refractivity contribution in [3.8, 4) is 11.5 Å². The maximum atomic E-state index is 13.0. The number of nitrogens with one attached hydrogen (secondary N) is 1. The number of hydrogen-bond acceptors (Lipinski definition) is 5. The Kier molecular flexibility index (Phi) is 5.05. The third-order valence-corrected chi connectivity index (χ3v) is 6.19. The van der Waals surface area contributed by atoms with Gasteiger partial charge >= 0.3 is 0 Å². The molecule has 1 fully saturated rings. The molecule has 1 saturated heterocycles. The molecule has 1 aliphatic heterocycles. The molecular weight excluding hydrogens is 422 g/mol. The Labute approximate surface area is 190 Å². The molecule has 1 aliphatic rings. The van der Waals surface area contributed by atoms with E-state index in [1.165, 1.54) is 0 Å². The number of amides is 2. The smallest absolute Gasteiger partial charge is 0.268 e. The summed E-state index contributed by atoms with van der Waals surface area (Å²) < 4.78 is 15.0. The van der Waals surface area contributed by atoms with Gasteiger partial charge in [0.25, 0.3) is 11.8 Å². The highest BCUT2D eigenvalue weighted by atomic mass is 16.5. The molecule has 0 bridgehead atoms. The molecule has 0 spiro atoms. The number of carbonyl (C=O) groups is 2. The van der Waals surface area contributed by atoms with Crippen LogP contribution < -0.4 is 10.1 Å². The first-order chi connectivity index (χ1) is 15.9. The Morgan fingerprint density at radius 2 is 1.97 bits per heavy atom. The number of hydrogen-bond donors (Lipinski definition) is 1. The van der Waals surface area contributed by atoms with E-state index in [-0.39, 0.29) is 17.9 Å². The van der Waals surface area contributed by atoms with E-state index in [1.807, 2.05) is 42.6 Å². The Balaban J connectivity index is 1.48.